The Hall–Kier alpha value is -1.52. The SMILES string of the molecule is CCCCCCN(CC(C)C(=O)O)c1cc(C)on1. The van der Waals surface area contributed by atoms with E-state index in [1.165, 1.54) is 12.8 Å². The smallest absolute Gasteiger partial charge is 0.308 e. The van der Waals surface area contributed by atoms with Gasteiger partial charge in [-0.05, 0) is 13.3 Å². The van der Waals surface area contributed by atoms with E-state index in [0.29, 0.717) is 6.54 Å². The molecule has 1 N–H and O–H groups in total. The molecule has 1 rings (SSSR count). The number of unbranched alkanes of at least 4 members (excludes halogenated alkanes) is 3. The fourth-order valence-electron chi connectivity index (χ4n) is 1.94. The van der Waals surface area contributed by atoms with Crippen molar-refractivity contribution in [2.75, 3.05) is 18.0 Å². The summed E-state index contributed by atoms with van der Waals surface area (Å²) in [6.07, 6.45) is 4.60. The van der Waals surface area contributed by atoms with Crippen molar-refractivity contribution < 1.29 is 14.4 Å². The van der Waals surface area contributed by atoms with Crippen LogP contribution < -0.4 is 4.90 Å². The van der Waals surface area contributed by atoms with Crippen LogP contribution in [0, 0.1) is 12.8 Å². The first-order chi connectivity index (χ1) is 9.04. The molecule has 19 heavy (non-hydrogen) atoms. The molecule has 0 amide bonds. The fraction of sp³-hybridized carbons (Fsp3) is 0.714. The second-order valence-electron chi connectivity index (χ2n) is 5.04. The van der Waals surface area contributed by atoms with Crippen LogP contribution in [0.25, 0.3) is 0 Å². The predicted molar refractivity (Wildman–Crippen MR) is 74.4 cm³/mol. The van der Waals surface area contributed by atoms with Crippen molar-refractivity contribution in [3.05, 3.63) is 11.8 Å². The maximum Gasteiger partial charge on any atom is 0.308 e. The maximum atomic E-state index is 11.0. The van der Waals surface area contributed by atoms with Crippen LogP contribution in [-0.2, 0) is 4.79 Å². The quantitative estimate of drug-likeness (QED) is 0.697. The number of aromatic nitrogens is 1. The van der Waals surface area contributed by atoms with Crippen molar-refractivity contribution in [1.29, 1.82) is 0 Å². The van der Waals surface area contributed by atoms with Gasteiger partial charge in [0.1, 0.15) is 5.76 Å². The van der Waals surface area contributed by atoms with Gasteiger partial charge in [-0.3, -0.25) is 4.79 Å². The van der Waals surface area contributed by atoms with Crippen LogP contribution in [-0.4, -0.2) is 29.3 Å². The highest BCUT2D eigenvalue weighted by atomic mass is 16.5. The maximum absolute atomic E-state index is 11.0. The number of aryl methyl sites for hydroxylation is 1. The molecule has 0 aliphatic rings. The van der Waals surface area contributed by atoms with Gasteiger partial charge in [0.2, 0.25) is 0 Å². The van der Waals surface area contributed by atoms with Crippen LogP contribution in [0.3, 0.4) is 0 Å². The molecule has 1 aromatic rings. The molecule has 0 aromatic carbocycles. The molecule has 1 unspecified atom stereocenters. The molecule has 0 fully saturated rings. The van der Waals surface area contributed by atoms with E-state index in [1.807, 2.05) is 17.9 Å². The molecule has 0 aliphatic carbocycles. The molecule has 5 heteroatoms. The van der Waals surface area contributed by atoms with Gasteiger partial charge in [-0.1, -0.05) is 38.3 Å². The van der Waals surface area contributed by atoms with Gasteiger partial charge >= 0.3 is 5.97 Å². The highest BCUT2D eigenvalue weighted by molar-refractivity contribution is 5.70. The minimum absolute atomic E-state index is 0.414. The molecule has 0 radical (unpaired) electrons. The van der Waals surface area contributed by atoms with Gasteiger partial charge in [-0.25, -0.2) is 0 Å². The molecular formula is C14H24N2O3. The monoisotopic (exact) mass is 268 g/mol. The second-order valence-corrected chi connectivity index (χ2v) is 5.04. The van der Waals surface area contributed by atoms with Crippen molar-refractivity contribution in [3.8, 4) is 0 Å². The summed E-state index contributed by atoms with van der Waals surface area (Å²) < 4.78 is 5.08. The Balaban J connectivity index is 2.59. The Morgan fingerprint density at radius 2 is 2.21 bits per heavy atom. The molecule has 0 aliphatic heterocycles. The number of nitrogens with zero attached hydrogens (tertiary/aromatic N) is 2. The van der Waals surface area contributed by atoms with E-state index in [-0.39, 0.29) is 0 Å². The summed E-state index contributed by atoms with van der Waals surface area (Å²) in [5.74, 6) is 0.292. The highest BCUT2D eigenvalue weighted by Crippen LogP contribution is 2.17. The Labute approximate surface area is 114 Å². The van der Waals surface area contributed by atoms with Crippen LogP contribution in [0.15, 0.2) is 10.6 Å². The highest BCUT2D eigenvalue weighted by Gasteiger charge is 2.18. The lowest BCUT2D eigenvalue weighted by Crippen LogP contribution is -2.33. The zero-order valence-corrected chi connectivity index (χ0v) is 12.1. The average molecular weight is 268 g/mol. The van der Waals surface area contributed by atoms with Crippen molar-refractivity contribution in [2.45, 2.75) is 46.5 Å². The molecule has 1 atom stereocenters. The normalized spacial score (nSPS) is 12.4. The molecular weight excluding hydrogens is 244 g/mol. The van der Waals surface area contributed by atoms with Gasteiger partial charge in [0.15, 0.2) is 5.82 Å². The van der Waals surface area contributed by atoms with E-state index in [1.54, 1.807) is 6.92 Å². The predicted octanol–water partition coefficient (Wildman–Crippen LogP) is 3.09. The Bertz CT molecular complexity index is 390. The van der Waals surface area contributed by atoms with Crippen LogP contribution in [0.2, 0.25) is 0 Å². The summed E-state index contributed by atoms with van der Waals surface area (Å²) in [6.45, 7) is 7.02. The number of hydrogen-bond donors (Lipinski definition) is 1. The van der Waals surface area contributed by atoms with Gasteiger partial charge in [-0.2, -0.15) is 0 Å². The van der Waals surface area contributed by atoms with E-state index in [9.17, 15) is 4.79 Å². The topological polar surface area (TPSA) is 66.6 Å². The standard InChI is InChI=1S/C14H24N2O3/c1-4-5-6-7-8-16(10-11(2)14(17)18)13-9-12(3)19-15-13/h9,11H,4-8,10H2,1-3H3,(H,17,18). The molecule has 108 valence electrons. The number of carboxylic acids is 1. The summed E-state index contributed by atoms with van der Waals surface area (Å²) in [5.41, 5.74) is 0. The lowest BCUT2D eigenvalue weighted by atomic mass is 10.1. The van der Waals surface area contributed by atoms with E-state index in [4.69, 9.17) is 9.63 Å². The van der Waals surface area contributed by atoms with Crippen LogP contribution in [0.1, 0.15) is 45.3 Å². The first kappa shape index (κ1) is 15.5. The van der Waals surface area contributed by atoms with Crippen molar-refractivity contribution in [2.24, 2.45) is 5.92 Å². The lowest BCUT2D eigenvalue weighted by Gasteiger charge is -2.23. The van der Waals surface area contributed by atoms with Crippen molar-refractivity contribution in [3.63, 3.8) is 0 Å². The third-order valence-electron chi connectivity index (χ3n) is 3.14. The summed E-state index contributed by atoms with van der Waals surface area (Å²) >= 11 is 0. The zero-order chi connectivity index (χ0) is 14.3. The third kappa shape index (κ3) is 5.32. The Kier molecular flexibility index (Phi) is 6.39. The molecule has 1 heterocycles. The molecule has 5 nitrogen and oxygen atoms in total. The molecule has 0 saturated carbocycles. The number of rotatable bonds is 9. The summed E-state index contributed by atoms with van der Waals surface area (Å²) in [7, 11) is 0. The minimum atomic E-state index is -0.779. The van der Waals surface area contributed by atoms with Gasteiger partial charge in [0.25, 0.3) is 0 Å². The van der Waals surface area contributed by atoms with Gasteiger partial charge in [0, 0.05) is 19.2 Å². The largest absolute Gasteiger partial charge is 0.481 e. The molecule has 0 saturated heterocycles. The summed E-state index contributed by atoms with van der Waals surface area (Å²) in [6, 6.07) is 1.86. The molecule has 0 bridgehead atoms. The fourth-order valence-corrected chi connectivity index (χ4v) is 1.94. The third-order valence-corrected chi connectivity index (χ3v) is 3.14. The second kappa shape index (κ2) is 7.81. The lowest BCUT2D eigenvalue weighted by molar-refractivity contribution is -0.140. The van der Waals surface area contributed by atoms with E-state index in [0.717, 1.165) is 31.0 Å². The van der Waals surface area contributed by atoms with Crippen LogP contribution in [0.5, 0.6) is 0 Å². The number of carboxylic acid groups (broad SMARTS) is 1. The summed E-state index contributed by atoms with van der Waals surface area (Å²) in [4.78, 5) is 13.0. The number of carbonyl (C=O) groups is 1. The molecule has 0 spiro atoms. The number of aliphatic carboxylic acids is 1. The van der Waals surface area contributed by atoms with E-state index < -0.39 is 11.9 Å². The van der Waals surface area contributed by atoms with Crippen molar-refractivity contribution >= 4 is 11.8 Å². The summed E-state index contributed by atoms with van der Waals surface area (Å²) in [5, 5.41) is 13.0. The Morgan fingerprint density at radius 3 is 2.74 bits per heavy atom. The van der Waals surface area contributed by atoms with E-state index >= 15 is 0 Å². The van der Waals surface area contributed by atoms with Crippen LogP contribution >= 0.6 is 0 Å². The Morgan fingerprint density at radius 1 is 1.47 bits per heavy atom. The van der Waals surface area contributed by atoms with Crippen molar-refractivity contribution in [1.82, 2.24) is 5.16 Å². The minimum Gasteiger partial charge on any atom is -0.481 e. The zero-order valence-electron chi connectivity index (χ0n) is 12.1. The number of anilines is 1. The van der Waals surface area contributed by atoms with Gasteiger partial charge in [0.05, 0.1) is 5.92 Å². The van der Waals surface area contributed by atoms with Gasteiger partial charge in [-0.15, -0.1) is 0 Å². The first-order valence-electron chi connectivity index (χ1n) is 6.95. The van der Waals surface area contributed by atoms with Crippen LogP contribution in [0.4, 0.5) is 5.82 Å². The average Bonchev–Trinajstić information content (AvgIpc) is 2.79. The number of hydrogen-bond acceptors (Lipinski definition) is 4. The van der Waals surface area contributed by atoms with Gasteiger partial charge < -0.3 is 14.5 Å². The first-order valence-corrected chi connectivity index (χ1v) is 6.95. The van der Waals surface area contributed by atoms with E-state index in [2.05, 4.69) is 12.1 Å². The molecule has 1 aromatic heterocycles.